The first-order chi connectivity index (χ1) is 8.19. The number of benzene rings is 1. The Balaban J connectivity index is 2.41. The second-order valence-electron chi connectivity index (χ2n) is 4.31. The quantitative estimate of drug-likeness (QED) is 0.861. The van der Waals surface area contributed by atoms with Crippen LogP contribution in [0.15, 0.2) is 36.4 Å². The van der Waals surface area contributed by atoms with Gasteiger partial charge in [0.25, 0.3) is 0 Å². The molecule has 0 saturated carbocycles. The fourth-order valence-corrected chi connectivity index (χ4v) is 2.00. The van der Waals surface area contributed by atoms with E-state index < -0.39 is 0 Å². The predicted molar refractivity (Wildman–Crippen MR) is 73.3 cm³/mol. The Labute approximate surface area is 103 Å². The number of nitrogens with one attached hydrogen (secondary N) is 1. The molecule has 2 aromatic rings. The van der Waals surface area contributed by atoms with Gasteiger partial charge in [-0.3, -0.25) is 0 Å². The summed E-state index contributed by atoms with van der Waals surface area (Å²) in [6.45, 7) is 7.20. The molecule has 0 saturated heterocycles. The predicted octanol–water partition coefficient (Wildman–Crippen LogP) is 3.80. The van der Waals surface area contributed by atoms with Crippen LogP contribution in [-0.2, 0) is 0 Å². The zero-order valence-corrected chi connectivity index (χ0v) is 10.6. The third kappa shape index (κ3) is 2.84. The lowest BCUT2D eigenvalue weighted by molar-refractivity contribution is 1.16. The average Bonchev–Trinajstić information content (AvgIpc) is 2.28. The molecule has 0 unspecified atom stereocenters. The lowest BCUT2D eigenvalue weighted by atomic mass is 10.0. The van der Waals surface area contributed by atoms with E-state index in [0.29, 0.717) is 0 Å². The van der Waals surface area contributed by atoms with E-state index in [2.05, 4.69) is 55.3 Å². The molecule has 0 atom stereocenters. The Bertz CT molecular complexity index is 498. The van der Waals surface area contributed by atoms with Crippen molar-refractivity contribution < 1.29 is 0 Å². The first-order valence-electron chi connectivity index (χ1n) is 5.98. The van der Waals surface area contributed by atoms with E-state index in [0.717, 1.165) is 18.1 Å². The molecule has 0 bridgehead atoms. The van der Waals surface area contributed by atoms with Crippen molar-refractivity contribution in [1.29, 1.82) is 0 Å². The molecule has 1 aromatic carbocycles. The molecule has 1 heterocycles. The minimum absolute atomic E-state index is 0.892. The lowest BCUT2D eigenvalue weighted by Crippen LogP contribution is -1.99. The van der Waals surface area contributed by atoms with Crippen LogP contribution in [-0.4, -0.2) is 11.5 Å². The van der Waals surface area contributed by atoms with Gasteiger partial charge in [-0.15, -0.1) is 0 Å². The molecule has 0 aliphatic rings. The largest absolute Gasteiger partial charge is 0.370 e. The summed E-state index contributed by atoms with van der Waals surface area (Å²) in [5.74, 6) is 0.934. The summed E-state index contributed by atoms with van der Waals surface area (Å²) in [5.41, 5.74) is 4.75. The van der Waals surface area contributed by atoms with Crippen LogP contribution in [0.5, 0.6) is 0 Å². The Morgan fingerprint density at radius 1 is 1.06 bits per heavy atom. The van der Waals surface area contributed by atoms with Crippen molar-refractivity contribution in [2.24, 2.45) is 0 Å². The Morgan fingerprint density at radius 2 is 1.76 bits per heavy atom. The molecule has 17 heavy (non-hydrogen) atoms. The van der Waals surface area contributed by atoms with Gasteiger partial charge in [-0.1, -0.05) is 23.3 Å². The third-order valence-electron chi connectivity index (χ3n) is 2.62. The van der Waals surface area contributed by atoms with E-state index >= 15 is 0 Å². The molecule has 2 heteroatoms. The van der Waals surface area contributed by atoms with Crippen LogP contribution in [0.1, 0.15) is 18.1 Å². The highest BCUT2D eigenvalue weighted by Gasteiger charge is 2.02. The van der Waals surface area contributed by atoms with Crippen LogP contribution in [0, 0.1) is 13.8 Å². The van der Waals surface area contributed by atoms with Gasteiger partial charge in [-0.05, 0) is 45.0 Å². The number of aryl methyl sites for hydroxylation is 2. The molecule has 1 aromatic heterocycles. The van der Waals surface area contributed by atoms with Crippen molar-refractivity contribution in [3.05, 3.63) is 47.5 Å². The van der Waals surface area contributed by atoms with Crippen LogP contribution in [0.2, 0.25) is 0 Å². The van der Waals surface area contributed by atoms with Crippen molar-refractivity contribution in [2.45, 2.75) is 20.8 Å². The first kappa shape index (κ1) is 11.6. The van der Waals surface area contributed by atoms with Gasteiger partial charge in [-0.2, -0.15) is 0 Å². The number of hydrogen-bond donors (Lipinski definition) is 1. The minimum atomic E-state index is 0.892. The summed E-state index contributed by atoms with van der Waals surface area (Å²) in [7, 11) is 0. The highest BCUT2D eigenvalue weighted by Crippen LogP contribution is 2.21. The van der Waals surface area contributed by atoms with Crippen molar-refractivity contribution in [1.82, 2.24) is 4.98 Å². The number of anilines is 1. The molecule has 0 spiro atoms. The fraction of sp³-hybridized carbons (Fsp3) is 0.267. The zero-order chi connectivity index (χ0) is 12.3. The van der Waals surface area contributed by atoms with E-state index in [9.17, 15) is 0 Å². The summed E-state index contributed by atoms with van der Waals surface area (Å²) in [4.78, 5) is 4.60. The van der Waals surface area contributed by atoms with Gasteiger partial charge in [0, 0.05) is 12.1 Å². The van der Waals surface area contributed by atoms with Crippen molar-refractivity contribution >= 4 is 5.82 Å². The maximum atomic E-state index is 4.60. The van der Waals surface area contributed by atoms with Gasteiger partial charge in [0.05, 0.1) is 5.69 Å². The minimum Gasteiger partial charge on any atom is -0.370 e. The van der Waals surface area contributed by atoms with Crippen LogP contribution in [0.4, 0.5) is 5.82 Å². The zero-order valence-electron chi connectivity index (χ0n) is 10.6. The van der Waals surface area contributed by atoms with E-state index in [4.69, 9.17) is 0 Å². The monoisotopic (exact) mass is 226 g/mol. The summed E-state index contributed by atoms with van der Waals surface area (Å²) < 4.78 is 0. The maximum absolute atomic E-state index is 4.60. The summed E-state index contributed by atoms with van der Waals surface area (Å²) in [6, 6.07) is 12.6. The van der Waals surface area contributed by atoms with E-state index in [1.165, 1.54) is 16.7 Å². The molecule has 0 aliphatic carbocycles. The standard InChI is InChI=1S/C15H18N2/c1-4-16-15-7-5-6-14(17-15)13-9-11(2)8-12(3)10-13/h5-10H,4H2,1-3H3,(H,16,17). The van der Waals surface area contributed by atoms with Gasteiger partial charge in [0.1, 0.15) is 5.82 Å². The topological polar surface area (TPSA) is 24.9 Å². The molecule has 1 N–H and O–H groups in total. The van der Waals surface area contributed by atoms with Gasteiger partial charge in [-0.25, -0.2) is 4.98 Å². The number of nitrogens with zero attached hydrogens (tertiary/aromatic N) is 1. The third-order valence-corrected chi connectivity index (χ3v) is 2.62. The van der Waals surface area contributed by atoms with E-state index in [-0.39, 0.29) is 0 Å². The molecule has 2 rings (SSSR count). The second kappa shape index (κ2) is 5.00. The Morgan fingerprint density at radius 3 is 2.41 bits per heavy atom. The molecular weight excluding hydrogens is 208 g/mol. The van der Waals surface area contributed by atoms with Crippen molar-refractivity contribution in [3.63, 3.8) is 0 Å². The van der Waals surface area contributed by atoms with E-state index in [1.54, 1.807) is 0 Å². The molecule has 0 amide bonds. The van der Waals surface area contributed by atoms with E-state index in [1.807, 2.05) is 12.1 Å². The van der Waals surface area contributed by atoms with Crippen LogP contribution in [0.3, 0.4) is 0 Å². The average molecular weight is 226 g/mol. The SMILES string of the molecule is CCNc1cccc(-c2cc(C)cc(C)c2)n1. The number of aromatic nitrogens is 1. The van der Waals surface area contributed by atoms with Crippen LogP contribution in [0.25, 0.3) is 11.3 Å². The number of rotatable bonds is 3. The van der Waals surface area contributed by atoms with Crippen LogP contribution < -0.4 is 5.32 Å². The van der Waals surface area contributed by atoms with Gasteiger partial charge < -0.3 is 5.32 Å². The summed E-state index contributed by atoms with van der Waals surface area (Å²) in [5, 5.41) is 3.24. The molecule has 0 fully saturated rings. The molecule has 2 nitrogen and oxygen atoms in total. The van der Waals surface area contributed by atoms with Crippen molar-refractivity contribution in [3.8, 4) is 11.3 Å². The maximum Gasteiger partial charge on any atom is 0.126 e. The summed E-state index contributed by atoms with van der Waals surface area (Å²) in [6.07, 6.45) is 0. The van der Waals surface area contributed by atoms with Gasteiger partial charge in [0.2, 0.25) is 0 Å². The van der Waals surface area contributed by atoms with Crippen LogP contribution >= 0.6 is 0 Å². The fourth-order valence-electron chi connectivity index (χ4n) is 2.00. The van der Waals surface area contributed by atoms with Gasteiger partial charge >= 0.3 is 0 Å². The molecule has 0 radical (unpaired) electrons. The first-order valence-corrected chi connectivity index (χ1v) is 5.98. The highest BCUT2D eigenvalue weighted by molar-refractivity contribution is 5.63. The smallest absolute Gasteiger partial charge is 0.126 e. The van der Waals surface area contributed by atoms with Gasteiger partial charge in [0.15, 0.2) is 0 Å². The molecular formula is C15H18N2. The van der Waals surface area contributed by atoms with Crippen molar-refractivity contribution in [2.75, 3.05) is 11.9 Å². The second-order valence-corrected chi connectivity index (χ2v) is 4.31. The molecule has 0 aliphatic heterocycles. The highest BCUT2D eigenvalue weighted by atomic mass is 15.0. The Hall–Kier alpha value is -1.83. The Kier molecular flexibility index (Phi) is 3.43. The normalized spacial score (nSPS) is 10.3. The molecule has 88 valence electrons. The summed E-state index contributed by atoms with van der Waals surface area (Å²) >= 11 is 0. The lowest BCUT2D eigenvalue weighted by Gasteiger charge is -2.07. The number of pyridine rings is 1. The number of hydrogen-bond acceptors (Lipinski definition) is 2.